The van der Waals surface area contributed by atoms with Crippen molar-refractivity contribution in [2.75, 3.05) is 6.61 Å². The van der Waals surface area contributed by atoms with Crippen LogP contribution in [0.5, 0.6) is 0 Å². The van der Waals surface area contributed by atoms with Gasteiger partial charge in [0.1, 0.15) is 0 Å². The predicted molar refractivity (Wildman–Crippen MR) is 70.1 cm³/mol. The van der Waals surface area contributed by atoms with E-state index in [4.69, 9.17) is 4.74 Å². The van der Waals surface area contributed by atoms with Gasteiger partial charge in [0.2, 0.25) is 0 Å². The normalized spacial score (nSPS) is 10.1. The van der Waals surface area contributed by atoms with Crippen molar-refractivity contribution in [2.45, 2.75) is 33.6 Å². The number of ether oxygens (including phenoxy) is 1. The van der Waals surface area contributed by atoms with Crippen molar-refractivity contribution in [3.05, 3.63) is 47.0 Å². The van der Waals surface area contributed by atoms with Gasteiger partial charge in [-0.15, -0.1) is 0 Å². The molecule has 0 amide bonds. The van der Waals surface area contributed by atoms with Gasteiger partial charge in [0.25, 0.3) is 0 Å². The summed E-state index contributed by atoms with van der Waals surface area (Å²) in [6.45, 7) is 10.2. The van der Waals surface area contributed by atoms with Crippen molar-refractivity contribution < 1.29 is 9.53 Å². The molecule has 2 heteroatoms. The SMILES string of the molecule is C=CC(=O)OCCCc1c(C)cc(C)cc1C. The minimum Gasteiger partial charge on any atom is -0.463 e. The van der Waals surface area contributed by atoms with Gasteiger partial charge in [-0.1, -0.05) is 24.3 Å². The van der Waals surface area contributed by atoms with Gasteiger partial charge in [0.05, 0.1) is 6.61 Å². The summed E-state index contributed by atoms with van der Waals surface area (Å²) in [5.41, 5.74) is 5.29. The summed E-state index contributed by atoms with van der Waals surface area (Å²) in [4.78, 5) is 10.9. The highest BCUT2D eigenvalue weighted by Gasteiger charge is 2.04. The Morgan fingerprint density at radius 3 is 2.41 bits per heavy atom. The smallest absolute Gasteiger partial charge is 0.330 e. The van der Waals surface area contributed by atoms with Gasteiger partial charge in [-0.3, -0.25) is 0 Å². The Hall–Kier alpha value is -1.57. The fourth-order valence-electron chi connectivity index (χ4n) is 2.08. The molecule has 0 unspecified atom stereocenters. The highest BCUT2D eigenvalue weighted by molar-refractivity contribution is 5.81. The summed E-state index contributed by atoms with van der Waals surface area (Å²) < 4.78 is 4.96. The van der Waals surface area contributed by atoms with E-state index >= 15 is 0 Å². The van der Waals surface area contributed by atoms with Crippen LogP contribution < -0.4 is 0 Å². The molecule has 2 nitrogen and oxygen atoms in total. The van der Waals surface area contributed by atoms with Gasteiger partial charge in [-0.25, -0.2) is 4.79 Å². The second kappa shape index (κ2) is 6.24. The second-order valence-corrected chi connectivity index (χ2v) is 4.35. The summed E-state index contributed by atoms with van der Waals surface area (Å²) in [5, 5.41) is 0. The Bertz CT molecular complexity index is 396. The fourth-order valence-corrected chi connectivity index (χ4v) is 2.08. The fraction of sp³-hybridized carbons (Fsp3) is 0.400. The molecule has 0 bridgehead atoms. The van der Waals surface area contributed by atoms with Crippen LogP contribution in [-0.2, 0) is 16.0 Å². The highest BCUT2D eigenvalue weighted by atomic mass is 16.5. The number of hydrogen-bond donors (Lipinski definition) is 0. The number of aryl methyl sites for hydroxylation is 3. The van der Waals surface area contributed by atoms with Crippen molar-refractivity contribution in [1.82, 2.24) is 0 Å². The Kier molecular flexibility index (Phi) is 4.95. The molecule has 0 saturated heterocycles. The molecule has 92 valence electrons. The van der Waals surface area contributed by atoms with E-state index in [1.807, 2.05) is 0 Å². The van der Waals surface area contributed by atoms with E-state index < -0.39 is 0 Å². The van der Waals surface area contributed by atoms with Crippen LogP contribution >= 0.6 is 0 Å². The summed E-state index contributed by atoms with van der Waals surface area (Å²) in [5.74, 6) is -0.345. The molecule has 0 heterocycles. The first-order valence-electron chi connectivity index (χ1n) is 5.90. The van der Waals surface area contributed by atoms with E-state index in [0.717, 1.165) is 12.8 Å². The molecule has 1 aromatic rings. The average molecular weight is 232 g/mol. The molecule has 17 heavy (non-hydrogen) atoms. The standard InChI is InChI=1S/C15H20O2/c1-5-15(16)17-8-6-7-14-12(3)9-11(2)10-13(14)4/h5,9-10H,1,6-8H2,2-4H3. The van der Waals surface area contributed by atoms with E-state index in [9.17, 15) is 4.79 Å². The minimum atomic E-state index is -0.345. The monoisotopic (exact) mass is 232 g/mol. The largest absolute Gasteiger partial charge is 0.463 e. The lowest BCUT2D eigenvalue weighted by Crippen LogP contribution is -2.04. The van der Waals surface area contributed by atoms with E-state index in [1.54, 1.807) is 0 Å². The Morgan fingerprint density at radius 1 is 1.29 bits per heavy atom. The number of carbonyl (C=O) groups excluding carboxylic acids is 1. The Labute approximate surface area is 103 Å². The summed E-state index contributed by atoms with van der Waals surface area (Å²) in [6, 6.07) is 4.39. The van der Waals surface area contributed by atoms with Crippen LogP contribution in [0, 0.1) is 20.8 Å². The van der Waals surface area contributed by atoms with E-state index in [1.165, 1.54) is 28.3 Å². The van der Waals surface area contributed by atoms with E-state index in [0.29, 0.717) is 6.61 Å². The molecule has 0 aromatic heterocycles. The minimum absolute atomic E-state index is 0.345. The van der Waals surface area contributed by atoms with Crippen LogP contribution in [-0.4, -0.2) is 12.6 Å². The molecule has 0 fully saturated rings. The first-order valence-corrected chi connectivity index (χ1v) is 5.90. The van der Waals surface area contributed by atoms with Crippen molar-refractivity contribution in [3.8, 4) is 0 Å². The lowest BCUT2D eigenvalue weighted by atomic mass is 9.96. The molecule has 1 rings (SSSR count). The molecule has 0 aliphatic rings. The maximum atomic E-state index is 10.9. The van der Waals surface area contributed by atoms with Gasteiger partial charge >= 0.3 is 5.97 Å². The Morgan fingerprint density at radius 2 is 1.88 bits per heavy atom. The summed E-state index contributed by atoms with van der Waals surface area (Å²) >= 11 is 0. The summed E-state index contributed by atoms with van der Waals surface area (Å²) in [6.07, 6.45) is 3.00. The number of hydrogen-bond acceptors (Lipinski definition) is 2. The highest BCUT2D eigenvalue weighted by Crippen LogP contribution is 2.17. The molecule has 1 aromatic carbocycles. The lowest BCUT2D eigenvalue weighted by Gasteiger charge is -2.11. The van der Waals surface area contributed by atoms with Crippen molar-refractivity contribution in [1.29, 1.82) is 0 Å². The number of carbonyl (C=O) groups is 1. The number of benzene rings is 1. The third-order valence-corrected chi connectivity index (χ3v) is 2.82. The van der Waals surface area contributed by atoms with Crippen molar-refractivity contribution in [2.24, 2.45) is 0 Å². The zero-order valence-corrected chi connectivity index (χ0v) is 10.9. The third-order valence-electron chi connectivity index (χ3n) is 2.82. The van der Waals surface area contributed by atoms with Gasteiger partial charge in [0, 0.05) is 6.08 Å². The second-order valence-electron chi connectivity index (χ2n) is 4.35. The molecule has 0 aliphatic carbocycles. The summed E-state index contributed by atoms with van der Waals surface area (Å²) in [7, 11) is 0. The molecular weight excluding hydrogens is 212 g/mol. The zero-order chi connectivity index (χ0) is 12.8. The van der Waals surface area contributed by atoms with Crippen LogP contribution in [0.2, 0.25) is 0 Å². The van der Waals surface area contributed by atoms with Gasteiger partial charge in [-0.05, 0) is 50.3 Å². The van der Waals surface area contributed by atoms with Crippen LogP contribution in [0.4, 0.5) is 0 Å². The Balaban J connectivity index is 2.52. The number of esters is 1. The van der Waals surface area contributed by atoms with Crippen molar-refractivity contribution >= 4 is 5.97 Å². The zero-order valence-electron chi connectivity index (χ0n) is 10.9. The van der Waals surface area contributed by atoms with Gasteiger partial charge in [0.15, 0.2) is 0 Å². The third kappa shape index (κ3) is 4.06. The maximum absolute atomic E-state index is 10.9. The molecule has 0 N–H and O–H groups in total. The van der Waals surface area contributed by atoms with Crippen LogP contribution in [0.25, 0.3) is 0 Å². The molecule has 0 radical (unpaired) electrons. The topological polar surface area (TPSA) is 26.3 Å². The lowest BCUT2D eigenvalue weighted by molar-refractivity contribution is -0.137. The number of rotatable bonds is 5. The van der Waals surface area contributed by atoms with Gasteiger partial charge in [-0.2, -0.15) is 0 Å². The van der Waals surface area contributed by atoms with Gasteiger partial charge < -0.3 is 4.74 Å². The van der Waals surface area contributed by atoms with E-state index in [2.05, 4.69) is 39.5 Å². The van der Waals surface area contributed by atoms with Crippen molar-refractivity contribution in [3.63, 3.8) is 0 Å². The first kappa shape index (κ1) is 13.5. The maximum Gasteiger partial charge on any atom is 0.330 e. The van der Waals surface area contributed by atoms with E-state index in [-0.39, 0.29) is 5.97 Å². The average Bonchev–Trinajstić information content (AvgIpc) is 2.26. The van der Waals surface area contributed by atoms with Crippen LogP contribution in [0.15, 0.2) is 24.8 Å². The quantitative estimate of drug-likeness (QED) is 0.442. The first-order chi connectivity index (χ1) is 8.04. The molecule has 0 atom stereocenters. The molecule has 0 aliphatic heterocycles. The molecule has 0 spiro atoms. The van der Waals surface area contributed by atoms with Crippen LogP contribution in [0.3, 0.4) is 0 Å². The molecular formula is C15H20O2. The molecule has 0 saturated carbocycles. The predicted octanol–water partition coefficient (Wildman–Crippen LogP) is 3.27. The van der Waals surface area contributed by atoms with Crippen LogP contribution in [0.1, 0.15) is 28.7 Å².